The highest BCUT2D eigenvalue weighted by atomic mass is 79.9. The van der Waals surface area contributed by atoms with Crippen molar-refractivity contribution in [2.24, 2.45) is 5.73 Å². The lowest BCUT2D eigenvalue weighted by Crippen LogP contribution is -2.22. The molecule has 0 unspecified atom stereocenters. The molecule has 0 aromatic heterocycles. The molecule has 1 aliphatic carbocycles. The number of rotatable bonds is 4. The second kappa shape index (κ2) is 4.34. The van der Waals surface area contributed by atoms with Crippen molar-refractivity contribution >= 4 is 15.9 Å². The average Bonchev–Trinajstić information content (AvgIpc) is 2.99. The van der Waals surface area contributed by atoms with Crippen LogP contribution < -0.4 is 10.5 Å². The van der Waals surface area contributed by atoms with Crippen LogP contribution in [0.25, 0.3) is 0 Å². The molecule has 0 spiro atoms. The molecule has 1 aromatic carbocycles. The maximum Gasteiger partial charge on any atom is 0.140 e. The fourth-order valence-corrected chi connectivity index (χ4v) is 2.19. The molecule has 0 aliphatic heterocycles. The van der Waals surface area contributed by atoms with Gasteiger partial charge in [-0.3, -0.25) is 0 Å². The van der Waals surface area contributed by atoms with Gasteiger partial charge >= 0.3 is 0 Å². The minimum atomic E-state index is -0.204. The van der Waals surface area contributed by atoms with Gasteiger partial charge in [0.05, 0.1) is 11.6 Å². The van der Waals surface area contributed by atoms with Gasteiger partial charge in [0.15, 0.2) is 0 Å². The molecule has 1 saturated carbocycles. The van der Waals surface area contributed by atoms with E-state index in [1.165, 1.54) is 0 Å². The van der Waals surface area contributed by atoms with Crippen molar-refractivity contribution in [2.75, 3.05) is 7.11 Å². The van der Waals surface area contributed by atoms with E-state index in [1.807, 2.05) is 0 Å². The molecule has 0 saturated heterocycles. The Morgan fingerprint density at radius 2 is 2.19 bits per heavy atom. The van der Waals surface area contributed by atoms with Crippen LogP contribution in [0.15, 0.2) is 16.6 Å². The van der Waals surface area contributed by atoms with E-state index in [-0.39, 0.29) is 11.4 Å². The van der Waals surface area contributed by atoms with E-state index in [4.69, 9.17) is 10.5 Å². The van der Waals surface area contributed by atoms with Crippen molar-refractivity contribution in [1.82, 2.24) is 0 Å². The summed E-state index contributed by atoms with van der Waals surface area (Å²) in [6.45, 7) is 0. The van der Waals surface area contributed by atoms with Gasteiger partial charge in [-0.2, -0.15) is 0 Å². The lowest BCUT2D eigenvalue weighted by molar-refractivity contribution is 0.412. The SMILES string of the molecule is COc1cc(Br)c(F)c(CCC2(N)CC2)c1. The van der Waals surface area contributed by atoms with Crippen molar-refractivity contribution in [3.63, 3.8) is 0 Å². The van der Waals surface area contributed by atoms with E-state index in [0.29, 0.717) is 22.2 Å². The lowest BCUT2D eigenvalue weighted by Gasteiger charge is -2.11. The maximum atomic E-state index is 13.8. The Balaban J connectivity index is 2.15. The van der Waals surface area contributed by atoms with Gasteiger partial charge in [-0.15, -0.1) is 0 Å². The van der Waals surface area contributed by atoms with Gasteiger partial charge in [0.25, 0.3) is 0 Å². The molecule has 0 amide bonds. The highest BCUT2D eigenvalue weighted by Gasteiger charge is 2.37. The molecule has 0 bridgehead atoms. The van der Waals surface area contributed by atoms with Crippen LogP contribution in [0.2, 0.25) is 0 Å². The Kier molecular flexibility index (Phi) is 3.22. The molecule has 2 nitrogen and oxygen atoms in total. The number of ether oxygens (including phenoxy) is 1. The number of benzene rings is 1. The third-order valence-corrected chi connectivity index (χ3v) is 3.67. The molecule has 1 aromatic rings. The Hall–Kier alpha value is -0.610. The first-order chi connectivity index (χ1) is 7.54. The number of aryl methyl sites for hydroxylation is 1. The lowest BCUT2D eigenvalue weighted by atomic mass is 10.0. The summed E-state index contributed by atoms with van der Waals surface area (Å²) in [5.74, 6) is 0.468. The Labute approximate surface area is 103 Å². The van der Waals surface area contributed by atoms with Crippen LogP contribution >= 0.6 is 15.9 Å². The minimum Gasteiger partial charge on any atom is -0.497 e. The Morgan fingerprint density at radius 3 is 2.75 bits per heavy atom. The van der Waals surface area contributed by atoms with E-state index in [2.05, 4.69) is 15.9 Å². The largest absolute Gasteiger partial charge is 0.497 e. The zero-order valence-electron chi connectivity index (χ0n) is 9.22. The molecule has 16 heavy (non-hydrogen) atoms. The summed E-state index contributed by atoms with van der Waals surface area (Å²) in [6, 6.07) is 3.38. The third-order valence-electron chi connectivity index (χ3n) is 3.10. The fourth-order valence-electron chi connectivity index (χ4n) is 1.71. The topological polar surface area (TPSA) is 35.2 Å². The van der Waals surface area contributed by atoms with Crippen molar-refractivity contribution in [2.45, 2.75) is 31.2 Å². The number of nitrogens with two attached hydrogens (primary N) is 1. The van der Waals surface area contributed by atoms with Crippen LogP contribution in [-0.2, 0) is 6.42 Å². The van der Waals surface area contributed by atoms with Crippen molar-refractivity contribution in [1.29, 1.82) is 0 Å². The molecule has 4 heteroatoms. The first kappa shape index (κ1) is 11.9. The maximum absolute atomic E-state index is 13.8. The molecule has 88 valence electrons. The number of hydrogen-bond acceptors (Lipinski definition) is 2. The zero-order chi connectivity index (χ0) is 11.8. The molecule has 2 N–H and O–H groups in total. The van der Waals surface area contributed by atoms with Crippen LogP contribution in [-0.4, -0.2) is 12.6 Å². The van der Waals surface area contributed by atoms with E-state index >= 15 is 0 Å². The third kappa shape index (κ3) is 2.55. The van der Waals surface area contributed by atoms with Crippen LogP contribution in [0, 0.1) is 5.82 Å². The first-order valence-electron chi connectivity index (χ1n) is 5.35. The van der Waals surface area contributed by atoms with Gasteiger partial charge in [-0.05, 0) is 59.3 Å². The summed E-state index contributed by atoms with van der Waals surface area (Å²) in [7, 11) is 1.58. The molecule has 1 aliphatic rings. The number of methoxy groups -OCH3 is 1. The van der Waals surface area contributed by atoms with Gasteiger partial charge in [-0.25, -0.2) is 4.39 Å². The molecular formula is C12H15BrFNO. The first-order valence-corrected chi connectivity index (χ1v) is 6.14. The van der Waals surface area contributed by atoms with Crippen LogP contribution in [0.5, 0.6) is 5.75 Å². The summed E-state index contributed by atoms with van der Waals surface area (Å²) in [6.07, 6.45) is 3.61. The summed E-state index contributed by atoms with van der Waals surface area (Å²) in [5, 5.41) is 0. The van der Waals surface area contributed by atoms with Gasteiger partial charge < -0.3 is 10.5 Å². The van der Waals surface area contributed by atoms with E-state index < -0.39 is 0 Å². The Morgan fingerprint density at radius 1 is 1.50 bits per heavy atom. The number of halogens is 2. The monoisotopic (exact) mass is 287 g/mol. The highest BCUT2D eigenvalue weighted by Crippen LogP contribution is 2.37. The molecule has 0 radical (unpaired) electrons. The predicted molar refractivity (Wildman–Crippen MR) is 65.1 cm³/mol. The van der Waals surface area contributed by atoms with Gasteiger partial charge in [0.1, 0.15) is 11.6 Å². The molecule has 2 rings (SSSR count). The van der Waals surface area contributed by atoms with Crippen molar-refractivity contribution in [3.8, 4) is 5.75 Å². The summed E-state index contributed by atoms with van der Waals surface area (Å²) in [5.41, 5.74) is 6.62. The van der Waals surface area contributed by atoms with Gasteiger partial charge in [-0.1, -0.05) is 0 Å². The quantitative estimate of drug-likeness (QED) is 0.924. The predicted octanol–water partition coefficient (Wildman–Crippen LogP) is 3.02. The van der Waals surface area contributed by atoms with Gasteiger partial charge in [0.2, 0.25) is 0 Å². The van der Waals surface area contributed by atoms with Crippen molar-refractivity contribution < 1.29 is 9.13 Å². The summed E-state index contributed by atoms with van der Waals surface area (Å²) in [4.78, 5) is 0. The smallest absolute Gasteiger partial charge is 0.140 e. The second-order valence-electron chi connectivity index (χ2n) is 4.44. The summed E-state index contributed by atoms with van der Waals surface area (Å²) < 4.78 is 19.3. The molecule has 0 heterocycles. The van der Waals surface area contributed by atoms with Crippen LogP contribution in [0.1, 0.15) is 24.8 Å². The average molecular weight is 288 g/mol. The summed E-state index contributed by atoms with van der Waals surface area (Å²) >= 11 is 3.19. The molecular weight excluding hydrogens is 273 g/mol. The molecule has 1 fully saturated rings. The van der Waals surface area contributed by atoms with Crippen molar-refractivity contribution in [3.05, 3.63) is 28.0 Å². The van der Waals surface area contributed by atoms with E-state index in [1.54, 1.807) is 19.2 Å². The van der Waals surface area contributed by atoms with Crippen LogP contribution in [0.3, 0.4) is 0 Å². The fraction of sp³-hybridized carbons (Fsp3) is 0.500. The van der Waals surface area contributed by atoms with Gasteiger partial charge in [0, 0.05) is 5.54 Å². The van der Waals surface area contributed by atoms with E-state index in [0.717, 1.165) is 19.3 Å². The second-order valence-corrected chi connectivity index (χ2v) is 5.30. The Bertz CT molecular complexity index is 404. The minimum absolute atomic E-state index is 0.0397. The zero-order valence-corrected chi connectivity index (χ0v) is 10.8. The standard InChI is InChI=1S/C12H15BrFNO/c1-16-9-6-8(11(14)10(13)7-9)2-3-12(15)4-5-12/h6-7H,2-5,15H2,1H3. The molecule has 0 atom stereocenters. The highest BCUT2D eigenvalue weighted by molar-refractivity contribution is 9.10. The normalized spacial score (nSPS) is 17.2. The van der Waals surface area contributed by atoms with Crippen LogP contribution in [0.4, 0.5) is 4.39 Å². The number of hydrogen-bond donors (Lipinski definition) is 1. The van der Waals surface area contributed by atoms with E-state index in [9.17, 15) is 4.39 Å².